The van der Waals surface area contributed by atoms with Crippen LogP contribution in [-0.4, -0.2) is 29.9 Å². The molecule has 0 radical (unpaired) electrons. The molecular weight excluding hydrogens is 230 g/mol. The van der Waals surface area contributed by atoms with E-state index >= 15 is 0 Å². The van der Waals surface area contributed by atoms with Crippen LogP contribution in [0.4, 0.5) is 0 Å². The molecule has 1 saturated carbocycles. The molecule has 1 amide bonds. The van der Waals surface area contributed by atoms with Crippen LogP contribution in [0.5, 0.6) is 0 Å². The van der Waals surface area contributed by atoms with Gasteiger partial charge >= 0.3 is 5.97 Å². The molecule has 0 aromatic rings. The van der Waals surface area contributed by atoms with E-state index < -0.39 is 0 Å². The van der Waals surface area contributed by atoms with Crippen LogP contribution in [0.3, 0.4) is 0 Å². The third kappa shape index (κ3) is 2.42. The predicted molar refractivity (Wildman–Crippen MR) is 67.6 cm³/mol. The van der Waals surface area contributed by atoms with Crippen molar-refractivity contribution in [1.29, 1.82) is 0 Å². The molecule has 4 heteroatoms. The summed E-state index contributed by atoms with van der Waals surface area (Å²) in [6, 6.07) is 0. The van der Waals surface area contributed by atoms with E-state index in [1.807, 2.05) is 6.92 Å². The quantitative estimate of drug-likeness (QED) is 0.723. The number of ether oxygens (including phenoxy) is 1. The molecule has 0 aromatic carbocycles. The number of cyclic esters (lactones) is 1. The van der Waals surface area contributed by atoms with Crippen molar-refractivity contribution < 1.29 is 14.3 Å². The van der Waals surface area contributed by atoms with Crippen LogP contribution in [0.1, 0.15) is 46.0 Å². The second-order valence-electron chi connectivity index (χ2n) is 5.07. The zero-order valence-electron chi connectivity index (χ0n) is 11.2. The highest BCUT2D eigenvalue weighted by Crippen LogP contribution is 2.28. The van der Waals surface area contributed by atoms with Crippen molar-refractivity contribution in [1.82, 2.24) is 4.90 Å². The van der Waals surface area contributed by atoms with Gasteiger partial charge in [-0.2, -0.15) is 0 Å². The number of amides is 1. The summed E-state index contributed by atoms with van der Waals surface area (Å²) in [6.07, 6.45) is 5.48. The van der Waals surface area contributed by atoms with Gasteiger partial charge in [-0.1, -0.05) is 19.3 Å². The van der Waals surface area contributed by atoms with Gasteiger partial charge < -0.3 is 9.64 Å². The summed E-state index contributed by atoms with van der Waals surface area (Å²) in [5.41, 5.74) is 1.35. The van der Waals surface area contributed by atoms with Gasteiger partial charge in [0.05, 0.1) is 11.3 Å². The van der Waals surface area contributed by atoms with Crippen molar-refractivity contribution in [2.45, 2.75) is 46.0 Å². The van der Waals surface area contributed by atoms with Crippen molar-refractivity contribution in [3.05, 3.63) is 11.3 Å². The highest BCUT2D eigenvalue weighted by molar-refractivity contribution is 5.92. The van der Waals surface area contributed by atoms with Gasteiger partial charge in [-0.15, -0.1) is 0 Å². The van der Waals surface area contributed by atoms with Gasteiger partial charge in [-0.3, -0.25) is 4.79 Å². The fourth-order valence-corrected chi connectivity index (χ4v) is 2.80. The standard InChI is InChI=1S/C14H21NO3/c1-3-15(12-9-18-14(17)10(12)2)13(16)11-7-5-4-6-8-11/h11H,3-9H2,1-2H3. The topological polar surface area (TPSA) is 46.6 Å². The number of hydrogen-bond donors (Lipinski definition) is 0. The van der Waals surface area contributed by atoms with Crippen LogP contribution < -0.4 is 0 Å². The first-order valence-electron chi connectivity index (χ1n) is 6.83. The van der Waals surface area contributed by atoms with E-state index in [1.54, 1.807) is 11.8 Å². The summed E-state index contributed by atoms with van der Waals surface area (Å²) >= 11 is 0. The Morgan fingerprint density at radius 2 is 2.00 bits per heavy atom. The first-order valence-corrected chi connectivity index (χ1v) is 6.83. The minimum absolute atomic E-state index is 0.134. The molecule has 0 N–H and O–H groups in total. The van der Waals surface area contributed by atoms with Gasteiger partial charge in [0, 0.05) is 12.5 Å². The Morgan fingerprint density at radius 1 is 1.33 bits per heavy atom. The lowest BCUT2D eigenvalue weighted by molar-refractivity contribution is -0.137. The van der Waals surface area contributed by atoms with E-state index in [4.69, 9.17) is 4.74 Å². The van der Waals surface area contributed by atoms with Crippen molar-refractivity contribution in [3.8, 4) is 0 Å². The Morgan fingerprint density at radius 3 is 2.50 bits per heavy atom. The Labute approximate surface area is 108 Å². The SMILES string of the molecule is CCN(C(=O)C1CCCCC1)C1=C(C)C(=O)OC1. The molecule has 1 aliphatic heterocycles. The molecule has 0 saturated heterocycles. The molecule has 2 rings (SSSR count). The maximum absolute atomic E-state index is 12.5. The third-order valence-electron chi connectivity index (χ3n) is 3.94. The average molecular weight is 251 g/mol. The van der Waals surface area contributed by atoms with E-state index in [0.29, 0.717) is 12.1 Å². The minimum Gasteiger partial charge on any atom is -0.456 e. The number of hydrogen-bond acceptors (Lipinski definition) is 3. The van der Waals surface area contributed by atoms with E-state index in [0.717, 1.165) is 31.4 Å². The first kappa shape index (κ1) is 13.1. The number of carbonyl (C=O) groups excluding carboxylic acids is 2. The molecule has 1 aliphatic carbocycles. The Balaban J connectivity index is 2.13. The number of likely N-dealkylation sites (N-methyl/N-ethyl adjacent to an activating group) is 1. The summed E-state index contributed by atoms with van der Waals surface area (Å²) in [4.78, 5) is 25.6. The van der Waals surface area contributed by atoms with Gasteiger partial charge in [-0.25, -0.2) is 4.79 Å². The average Bonchev–Trinajstić information content (AvgIpc) is 2.73. The Hall–Kier alpha value is -1.32. The highest BCUT2D eigenvalue weighted by Gasteiger charge is 2.32. The second-order valence-corrected chi connectivity index (χ2v) is 5.07. The lowest BCUT2D eigenvalue weighted by Gasteiger charge is -2.29. The Bertz CT molecular complexity index is 381. The lowest BCUT2D eigenvalue weighted by Crippen LogP contribution is -2.37. The fraction of sp³-hybridized carbons (Fsp3) is 0.714. The van der Waals surface area contributed by atoms with Crippen molar-refractivity contribution >= 4 is 11.9 Å². The summed E-state index contributed by atoms with van der Waals surface area (Å²) in [5.74, 6) is 0.0134. The number of carbonyl (C=O) groups is 2. The van der Waals surface area contributed by atoms with Crippen molar-refractivity contribution in [3.63, 3.8) is 0 Å². The molecule has 0 bridgehead atoms. The molecule has 0 unspecified atom stereocenters. The zero-order valence-corrected chi connectivity index (χ0v) is 11.2. The van der Waals surface area contributed by atoms with Crippen molar-refractivity contribution in [2.24, 2.45) is 5.92 Å². The van der Waals surface area contributed by atoms with Gasteiger partial charge in [0.2, 0.25) is 5.91 Å². The van der Waals surface area contributed by atoms with Gasteiger partial charge in [0.1, 0.15) is 6.61 Å². The van der Waals surface area contributed by atoms with E-state index in [9.17, 15) is 9.59 Å². The van der Waals surface area contributed by atoms with Gasteiger partial charge in [0.25, 0.3) is 0 Å². The van der Waals surface area contributed by atoms with E-state index in [-0.39, 0.29) is 24.4 Å². The second kappa shape index (κ2) is 5.55. The van der Waals surface area contributed by atoms with Gasteiger partial charge in [-0.05, 0) is 26.7 Å². The van der Waals surface area contributed by atoms with E-state index in [1.165, 1.54) is 6.42 Å². The summed E-state index contributed by atoms with van der Waals surface area (Å²) < 4.78 is 4.99. The monoisotopic (exact) mass is 251 g/mol. The minimum atomic E-state index is -0.292. The molecule has 2 aliphatic rings. The molecule has 0 aromatic heterocycles. The Kier molecular flexibility index (Phi) is 4.04. The first-order chi connectivity index (χ1) is 8.65. The van der Waals surface area contributed by atoms with Crippen LogP contribution in [0, 0.1) is 5.92 Å². The molecule has 4 nitrogen and oxygen atoms in total. The summed E-state index contributed by atoms with van der Waals surface area (Å²) in [5, 5.41) is 0. The molecule has 100 valence electrons. The largest absolute Gasteiger partial charge is 0.456 e. The van der Waals surface area contributed by atoms with Crippen LogP contribution in [0.25, 0.3) is 0 Å². The maximum atomic E-state index is 12.5. The molecule has 1 fully saturated rings. The van der Waals surface area contributed by atoms with Gasteiger partial charge in [0.15, 0.2) is 0 Å². The predicted octanol–water partition coefficient (Wildman–Crippen LogP) is 2.25. The highest BCUT2D eigenvalue weighted by atomic mass is 16.5. The molecule has 0 atom stereocenters. The normalized spacial score (nSPS) is 21.1. The van der Waals surface area contributed by atoms with Crippen LogP contribution >= 0.6 is 0 Å². The fourth-order valence-electron chi connectivity index (χ4n) is 2.80. The van der Waals surface area contributed by atoms with E-state index in [2.05, 4.69) is 0 Å². The molecule has 1 heterocycles. The zero-order chi connectivity index (χ0) is 13.1. The third-order valence-corrected chi connectivity index (χ3v) is 3.94. The molecule has 0 spiro atoms. The molecule has 18 heavy (non-hydrogen) atoms. The van der Waals surface area contributed by atoms with Crippen LogP contribution in [-0.2, 0) is 14.3 Å². The van der Waals surface area contributed by atoms with Crippen molar-refractivity contribution in [2.75, 3.05) is 13.2 Å². The van der Waals surface area contributed by atoms with Crippen LogP contribution in [0.15, 0.2) is 11.3 Å². The summed E-state index contributed by atoms with van der Waals surface area (Å²) in [6.45, 7) is 4.54. The molecular formula is C14H21NO3. The number of nitrogens with zero attached hydrogens (tertiary/aromatic N) is 1. The lowest BCUT2D eigenvalue weighted by atomic mass is 9.88. The number of esters is 1. The maximum Gasteiger partial charge on any atom is 0.336 e. The summed E-state index contributed by atoms with van der Waals surface area (Å²) in [7, 11) is 0. The number of rotatable bonds is 3. The van der Waals surface area contributed by atoms with Crippen LogP contribution in [0.2, 0.25) is 0 Å². The smallest absolute Gasteiger partial charge is 0.336 e.